The molecular formula is C23H17BrCl2N2O3. The molecule has 2 heterocycles. The molecular weight excluding hydrogens is 503 g/mol. The normalized spacial score (nSPS) is 19.4. The summed E-state index contributed by atoms with van der Waals surface area (Å²) < 4.78 is 12.5. The highest BCUT2D eigenvalue weighted by Gasteiger charge is 2.42. The van der Waals surface area contributed by atoms with Gasteiger partial charge in [-0.25, -0.2) is 5.01 Å². The second kappa shape index (κ2) is 7.93. The summed E-state index contributed by atoms with van der Waals surface area (Å²) in [7, 11) is 1.64. The number of phenols is 1. The zero-order chi connectivity index (χ0) is 21.7. The van der Waals surface area contributed by atoms with Crippen LogP contribution in [0.1, 0.15) is 35.4 Å². The molecule has 0 fully saturated rings. The molecule has 5 nitrogen and oxygen atoms in total. The first-order valence-corrected chi connectivity index (χ1v) is 11.1. The molecule has 0 unspecified atom stereocenters. The van der Waals surface area contributed by atoms with Crippen LogP contribution >= 0.6 is 39.1 Å². The number of phenolic OH excluding ortho intramolecular Hbond substituents is 1. The molecule has 0 aromatic heterocycles. The molecule has 0 spiro atoms. The predicted molar refractivity (Wildman–Crippen MR) is 124 cm³/mol. The summed E-state index contributed by atoms with van der Waals surface area (Å²) in [5, 5.41) is 18.0. The van der Waals surface area contributed by atoms with Gasteiger partial charge < -0.3 is 14.6 Å². The summed E-state index contributed by atoms with van der Waals surface area (Å²) in [5.74, 6) is 1.45. The number of methoxy groups -OCH3 is 1. The highest BCUT2D eigenvalue weighted by atomic mass is 79.9. The van der Waals surface area contributed by atoms with Crippen LogP contribution in [0, 0.1) is 0 Å². The third-order valence-electron chi connectivity index (χ3n) is 5.50. The first kappa shape index (κ1) is 20.5. The van der Waals surface area contributed by atoms with Crippen LogP contribution in [0.5, 0.6) is 17.2 Å². The molecule has 3 aromatic carbocycles. The molecule has 1 N–H and O–H groups in total. The van der Waals surface area contributed by atoms with Crippen molar-refractivity contribution in [3.8, 4) is 17.2 Å². The number of rotatable bonds is 3. The van der Waals surface area contributed by atoms with Gasteiger partial charge in [-0.15, -0.1) is 0 Å². The van der Waals surface area contributed by atoms with Crippen LogP contribution in [0.4, 0.5) is 0 Å². The van der Waals surface area contributed by atoms with Crippen molar-refractivity contribution in [2.24, 2.45) is 5.10 Å². The van der Waals surface area contributed by atoms with Crippen molar-refractivity contribution in [3.63, 3.8) is 0 Å². The van der Waals surface area contributed by atoms with Gasteiger partial charge in [-0.3, -0.25) is 0 Å². The van der Waals surface area contributed by atoms with Crippen LogP contribution in [-0.4, -0.2) is 22.9 Å². The maximum absolute atomic E-state index is 10.7. The molecule has 3 aromatic rings. The monoisotopic (exact) mass is 518 g/mol. The zero-order valence-corrected chi connectivity index (χ0v) is 19.4. The molecule has 158 valence electrons. The minimum atomic E-state index is -0.675. The Morgan fingerprint density at radius 3 is 2.61 bits per heavy atom. The van der Waals surface area contributed by atoms with E-state index in [9.17, 15) is 5.11 Å². The molecule has 0 bridgehead atoms. The number of hydrazone groups is 1. The van der Waals surface area contributed by atoms with Crippen LogP contribution in [0.25, 0.3) is 0 Å². The number of hydrogen-bond acceptors (Lipinski definition) is 5. The molecule has 0 aliphatic carbocycles. The summed E-state index contributed by atoms with van der Waals surface area (Å²) in [6.07, 6.45) is 0.00987. The summed E-state index contributed by atoms with van der Waals surface area (Å²) >= 11 is 16.0. The highest BCUT2D eigenvalue weighted by molar-refractivity contribution is 9.10. The molecule has 0 saturated heterocycles. The van der Waals surface area contributed by atoms with E-state index in [4.69, 9.17) is 37.8 Å². The third kappa shape index (κ3) is 3.63. The Kier molecular flexibility index (Phi) is 5.24. The summed E-state index contributed by atoms with van der Waals surface area (Å²) in [6, 6.07) is 16.8. The largest absolute Gasteiger partial charge is 0.506 e. The summed E-state index contributed by atoms with van der Waals surface area (Å²) in [4.78, 5) is 0. The fourth-order valence-corrected chi connectivity index (χ4v) is 4.88. The molecule has 31 heavy (non-hydrogen) atoms. The second-order valence-corrected chi connectivity index (χ2v) is 9.11. The summed E-state index contributed by atoms with van der Waals surface area (Å²) in [5.41, 5.74) is 3.40. The lowest BCUT2D eigenvalue weighted by Crippen LogP contribution is -2.33. The Hall–Kier alpha value is -2.41. The highest BCUT2D eigenvalue weighted by Crippen LogP contribution is 2.50. The van der Waals surface area contributed by atoms with Gasteiger partial charge in [0, 0.05) is 21.5 Å². The lowest BCUT2D eigenvalue weighted by atomic mass is 9.96. The lowest BCUT2D eigenvalue weighted by molar-refractivity contribution is -0.0203. The predicted octanol–water partition coefficient (Wildman–Crippen LogP) is 6.71. The smallest absolute Gasteiger partial charge is 0.217 e. The van der Waals surface area contributed by atoms with E-state index in [1.54, 1.807) is 13.2 Å². The second-order valence-electron chi connectivity index (χ2n) is 7.35. The van der Waals surface area contributed by atoms with Crippen LogP contribution in [0.2, 0.25) is 10.0 Å². The van der Waals surface area contributed by atoms with Crippen molar-refractivity contribution >= 4 is 44.8 Å². The average Bonchev–Trinajstić information content (AvgIpc) is 3.22. The quantitative estimate of drug-likeness (QED) is 0.417. The van der Waals surface area contributed by atoms with Crippen molar-refractivity contribution in [3.05, 3.63) is 85.8 Å². The minimum Gasteiger partial charge on any atom is -0.506 e. The standard InChI is InChI=1S/C23H17BrCl2N2O3/c1-30-15-5-2-12(3-6-15)19-11-20-16-8-13(24)4-7-21(16)31-23(28(20)27-19)17-9-14(25)10-18(26)22(17)29/h2-10,20,23,29H,11H2,1H3/t20-,23-/m1/s1. The first-order valence-electron chi connectivity index (χ1n) is 9.59. The van der Waals surface area contributed by atoms with E-state index in [0.717, 1.165) is 32.8 Å². The van der Waals surface area contributed by atoms with Crippen LogP contribution in [0.3, 0.4) is 0 Å². The first-order chi connectivity index (χ1) is 14.9. The van der Waals surface area contributed by atoms with E-state index in [0.29, 0.717) is 17.0 Å². The Balaban J connectivity index is 1.62. The maximum atomic E-state index is 10.7. The van der Waals surface area contributed by atoms with E-state index in [2.05, 4.69) is 15.9 Å². The van der Waals surface area contributed by atoms with E-state index >= 15 is 0 Å². The van der Waals surface area contributed by atoms with Crippen molar-refractivity contribution in [1.29, 1.82) is 0 Å². The number of nitrogens with zero attached hydrogens (tertiary/aromatic N) is 2. The maximum Gasteiger partial charge on any atom is 0.217 e. The summed E-state index contributed by atoms with van der Waals surface area (Å²) in [6.45, 7) is 0. The Morgan fingerprint density at radius 1 is 1.10 bits per heavy atom. The molecule has 0 amide bonds. The zero-order valence-electron chi connectivity index (χ0n) is 16.3. The number of aromatic hydroxyl groups is 1. The van der Waals surface area contributed by atoms with Gasteiger partial charge in [-0.2, -0.15) is 5.10 Å². The van der Waals surface area contributed by atoms with E-state index in [1.807, 2.05) is 47.5 Å². The number of halogens is 3. The van der Waals surface area contributed by atoms with Crippen molar-refractivity contribution in [2.75, 3.05) is 7.11 Å². The molecule has 5 rings (SSSR count). The topological polar surface area (TPSA) is 54.3 Å². The third-order valence-corrected chi connectivity index (χ3v) is 6.50. The Morgan fingerprint density at radius 2 is 1.87 bits per heavy atom. The number of fused-ring (bicyclic) bond motifs is 3. The Bertz CT molecular complexity index is 1200. The Labute approximate surface area is 197 Å². The molecule has 2 aliphatic rings. The SMILES string of the molecule is COc1ccc(C2=NN3[C@H](C2)c2cc(Br)ccc2O[C@@H]3c2cc(Cl)cc(Cl)c2O)cc1. The fourth-order valence-electron chi connectivity index (χ4n) is 4.00. The van der Waals surface area contributed by atoms with Gasteiger partial charge in [-0.05, 0) is 60.2 Å². The molecule has 0 saturated carbocycles. The van der Waals surface area contributed by atoms with Crippen LogP contribution < -0.4 is 9.47 Å². The molecule has 2 aliphatic heterocycles. The van der Waals surface area contributed by atoms with E-state index < -0.39 is 6.23 Å². The number of hydrogen-bond donors (Lipinski definition) is 1. The molecule has 0 radical (unpaired) electrons. The minimum absolute atomic E-state index is 0.0662. The van der Waals surface area contributed by atoms with Gasteiger partial charge in [0.05, 0.1) is 29.4 Å². The van der Waals surface area contributed by atoms with Crippen molar-refractivity contribution in [1.82, 2.24) is 5.01 Å². The molecule has 2 atom stereocenters. The number of benzene rings is 3. The van der Waals surface area contributed by atoms with Crippen molar-refractivity contribution in [2.45, 2.75) is 18.7 Å². The van der Waals surface area contributed by atoms with Crippen LogP contribution in [-0.2, 0) is 0 Å². The fraction of sp³-hybridized carbons (Fsp3) is 0.174. The van der Waals surface area contributed by atoms with Gasteiger partial charge in [0.15, 0.2) is 0 Å². The average molecular weight is 520 g/mol. The van der Waals surface area contributed by atoms with Gasteiger partial charge in [0.2, 0.25) is 6.23 Å². The van der Waals surface area contributed by atoms with Crippen LogP contribution in [0.15, 0.2) is 64.2 Å². The van der Waals surface area contributed by atoms with Gasteiger partial charge in [-0.1, -0.05) is 39.1 Å². The molecule has 8 heteroatoms. The van der Waals surface area contributed by atoms with Gasteiger partial charge in [0.1, 0.15) is 17.2 Å². The van der Waals surface area contributed by atoms with Crippen molar-refractivity contribution < 1.29 is 14.6 Å². The van der Waals surface area contributed by atoms with Gasteiger partial charge in [0.25, 0.3) is 0 Å². The van der Waals surface area contributed by atoms with E-state index in [1.165, 1.54) is 6.07 Å². The van der Waals surface area contributed by atoms with Gasteiger partial charge >= 0.3 is 0 Å². The van der Waals surface area contributed by atoms with E-state index in [-0.39, 0.29) is 16.8 Å². The number of ether oxygens (including phenoxy) is 2. The lowest BCUT2D eigenvalue weighted by Gasteiger charge is -2.38.